The van der Waals surface area contributed by atoms with Crippen LogP contribution in [0.4, 0.5) is 14.9 Å². The van der Waals surface area contributed by atoms with Crippen LogP contribution < -0.4 is 16.4 Å². The molecule has 0 aliphatic heterocycles. The highest BCUT2D eigenvalue weighted by Gasteiger charge is 2.22. The third-order valence-corrected chi connectivity index (χ3v) is 2.36. The molecule has 0 spiro atoms. The van der Waals surface area contributed by atoms with Gasteiger partial charge in [-0.2, -0.15) is 5.26 Å². The van der Waals surface area contributed by atoms with Gasteiger partial charge in [-0.25, -0.2) is 14.0 Å². The maximum atomic E-state index is 13.5. The Hall–Kier alpha value is -3.15. The highest BCUT2D eigenvalue weighted by molar-refractivity contribution is 5.93. The number of amides is 3. The summed E-state index contributed by atoms with van der Waals surface area (Å²) in [5.41, 5.74) is 4.68. The van der Waals surface area contributed by atoms with E-state index in [4.69, 9.17) is 16.1 Å². The second-order valence-corrected chi connectivity index (χ2v) is 3.97. The molecule has 0 saturated carbocycles. The SMILES string of the molecule is N#Cc1ccc(NC(=O)N[C@@H](CC(N)=O)C(=O)O)c(F)c1. The first-order valence-electron chi connectivity index (χ1n) is 5.61. The van der Waals surface area contributed by atoms with Gasteiger partial charge in [0, 0.05) is 0 Å². The van der Waals surface area contributed by atoms with E-state index in [2.05, 4.69) is 5.32 Å². The van der Waals surface area contributed by atoms with Crippen LogP contribution >= 0.6 is 0 Å². The van der Waals surface area contributed by atoms with E-state index >= 15 is 0 Å². The van der Waals surface area contributed by atoms with E-state index in [1.54, 1.807) is 6.07 Å². The molecule has 9 heteroatoms. The van der Waals surface area contributed by atoms with Crippen molar-refractivity contribution in [3.05, 3.63) is 29.6 Å². The Kier molecular flexibility index (Phi) is 5.19. The normalized spacial score (nSPS) is 11.0. The quantitative estimate of drug-likeness (QED) is 0.610. The fourth-order valence-corrected chi connectivity index (χ4v) is 1.40. The lowest BCUT2D eigenvalue weighted by Gasteiger charge is -2.14. The van der Waals surface area contributed by atoms with Crippen LogP contribution in [0.1, 0.15) is 12.0 Å². The minimum Gasteiger partial charge on any atom is -0.480 e. The molecule has 0 aliphatic carbocycles. The number of anilines is 1. The van der Waals surface area contributed by atoms with Crippen LogP contribution in [0.3, 0.4) is 0 Å². The number of nitriles is 1. The van der Waals surface area contributed by atoms with Crippen molar-refractivity contribution in [1.82, 2.24) is 5.32 Å². The number of primary amides is 1. The number of carbonyl (C=O) groups is 3. The summed E-state index contributed by atoms with van der Waals surface area (Å²) in [5, 5.41) is 21.4. The number of halogens is 1. The first-order chi connectivity index (χ1) is 9.83. The van der Waals surface area contributed by atoms with Crippen molar-refractivity contribution < 1.29 is 23.9 Å². The maximum absolute atomic E-state index is 13.5. The number of carboxylic acid groups (broad SMARTS) is 1. The maximum Gasteiger partial charge on any atom is 0.326 e. The number of rotatable bonds is 5. The van der Waals surface area contributed by atoms with E-state index in [1.165, 1.54) is 6.07 Å². The van der Waals surface area contributed by atoms with Crippen LogP contribution in [0.25, 0.3) is 0 Å². The Labute approximate surface area is 118 Å². The van der Waals surface area contributed by atoms with Crippen molar-refractivity contribution in [2.24, 2.45) is 5.73 Å². The van der Waals surface area contributed by atoms with Gasteiger partial charge in [-0.3, -0.25) is 4.79 Å². The minimum absolute atomic E-state index is 0.0654. The lowest BCUT2D eigenvalue weighted by molar-refractivity contribution is -0.140. The number of aliphatic carboxylic acids is 1. The largest absolute Gasteiger partial charge is 0.480 e. The summed E-state index contributed by atoms with van der Waals surface area (Å²) in [5.74, 6) is -3.22. The molecule has 5 N–H and O–H groups in total. The number of nitrogens with zero attached hydrogens (tertiary/aromatic N) is 1. The second-order valence-electron chi connectivity index (χ2n) is 3.97. The van der Waals surface area contributed by atoms with Gasteiger partial charge in [0.25, 0.3) is 0 Å². The summed E-state index contributed by atoms with van der Waals surface area (Å²) in [4.78, 5) is 33.0. The predicted octanol–water partition coefficient (Wildman–Crippen LogP) is 0.147. The molecule has 0 saturated heterocycles. The number of urea groups is 1. The molecule has 21 heavy (non-hydrogen) atoms. The molecular weight excluding hydrogens is 283 g/mol. The highest BCUT2D eigenvalue weighted by Crippen LogP contribution is 2.15. The smallest absolute Gasteiger partial charge is 0.326 e. The van der Waals surface area contributed by atoms with Crippen molar-refractivity contribution in [2.45, 2.75) is 12.5 Å². The Bertz CT molecular complexity index is 626. The molecule has 8 nitrogen and oxygen atoms in total. The zero-order valence-electron chi connectivity index (χ0n) is 10.6. The number of hydrogen-bond acceptors (Lipinski definition) is 4. The summed E-state index contributed by atoms with van der Waals surface area (Å²) in [6.45, 7) is 0. The number of nitrogens with one attached hydrogen (secondary N) is 2. The standard InChI is InChI=1S/C12H11FN4O4/c13-7-3-6(5-14)1-2-8(7)16-12(21)17-9(11(19)20)4-10(15)18/h1-3,9H,4H2,(H2,15,18)(H,19,20)(H2,16,17,21)/t9-/m0/s1. The van der Waals surface area contributed by atoms with Crippen LogP contribution in [0.5, 0.6) is 0 Å². The van der Waals surface area contributed by atoms with Crippen LogP contribution in [0, 0.1) is 17.1 Å². The summed E-state index contributed by atoms with van der Waals surface area (Å²) in [6, 6.07) is 2.51. The molecular formula is C12H11FN4O4. The molecule has 0 aliphatic rings. The number of carboxylic acids is 1. The highest BCUT2D eigenvalue weighted by atomic mass is 19.1. The second kappa shape index (κ2) is 6.85. The summed E-state index contributed by atoms with van der Waals surface area (Å²) in [6.07, 6.45) is -0.599. The third-order valence-electron chi connectivity index (χ3n) is 2.36. The zero-order valence-corrected chi connectivity index (χ0v) is 10.6. The Balaban J connectivity index is 2.75. The number of hydrogen-bond donors (Lipinski definition) is 4. The Morgan fingerprint density at radius 3 is 2.57 bits per heavy atom. The zero-order chi connectivity index (χ0) is 16.0. The van der Waals surface area contributed by atoms with Gasteiger partial charge in [0.15, 0.2) is 0 Å². The summed E-state index contributed by atoms with van der Waals surface area (Å²) < 4.78 is 13.5. The van der Waals surface area contributed by atoms with Gasteiger partial charge >= 0.3 is 12.0 Å². The summed E-state index contributed by atoms with van der Waals surface area (Å²) >= 11 is 0. The number of benzene rings is 1. The fraction of sp³-hybridized carbons (Fsp3) is 0.167. The topological polar surface area (TPSA) is 145 Å². The van der Waals surface area contributed by atoms with E-state index in [1.807, 2.05) is 5.32 Å². The van der Waals surface area contributed by atoms with E-state index in [-0.39, 0.29) is 11.3 Å². The molecule has 110 valence electrons. The molecule has 1 rings (SSSR count). The number of nitrogens with two attached hydrogens (primary N) is 1. The van der Waals surface area contributed by atoms with Crippen molar-refractivity contribution in [3.63, 3.8) is 0 Å². The molecule has 1 aromatic carbocycles. The predicted molar refractivity (Wildman–Crippen MR) is 68.5 cm³/mol. The number of carbonyl (C=O) groups excluding carboxylic acids is 2. The van der Waals surface area contributed by atoms with Crippen molar-refractivity contribution in [1.29, 1.82) is 5.26 Å². The van der Waals surface area contributed by atoms with E-state index in [9.17, 15) is 18.8 Å². The van der Waals surface area contributed by atoms with Crippen LogP contribution in [0.15, 0.2) is 18.2 Å². The first kappa shape index (κ1) is 15.9. The molecule has 0 radical (unpaired) electrons. The average Bonchev–Trinajstić information content (AvgIpc) is 2.39. The molecule has 0 heterocycles. The Morgan fingerprint density at radius 2 is 2.10 bits per heavy atom. The molecule has 3 amide bonds. The molecule has 0 bridgehead atoms. The molecule has 0 aromatic heterocycles. The van der Waals surface area contributed by atoms with Crippen LogP contribution in [-0.2, 0) is 9.59 Å². The van der Waals surface area contributed by atoms with Crippen molar-refractivity contribution in [3.8, 4) is 6.07 Å². The van der Waals surface area contributed by atoms with E-state index in [0.29, 0.717) is 0 Å². The molecule has 0 unspecified atom stereocenters. The van der Waals surface area contributed by atoms with Crippen molar-refractivity contribution in [2.75, 3.05) is 5.32 Å². The molecule has 1 atom stereocenters. The van der Waals surface area contributed by atoms with Gasteiger partial charge in [-0.15, -0.1) is 0 Å². The van der Waals surface area contributed by atoms with Gasteiger partial charge in [0.05, 0.1) is 23.7 Å². The van der Waals surface area contributed by atoms with Gasteiger partial charge in [-0.1, -0.05) is 0 Å². The lowest BCUT2D eigenvalue weighted by atomic mass is 10.2. The summed E-state index contributed by atoms with van der Waals surface area (Å²) in [7, 11) is 0. The van der Waals surface area contributed by atoms with Gasteiger partial charge in [0.2, 0.25) is 5.91 Å². The van der Waals surface area contributed by atoms with Gasteiger partial charge in [0.1, 0.15) is 11.9 Å². The average molecular weight is 294 g/mol. The molecule has 0 fully saturated rings. The minimum atomic E-state index is -1.52. The Morgan fingerprint density at radius 1 is 1.43 bits per heavy atom. The fourth-order valence-electron chi connectivity index (χ4n) is 1.40. The van der Waals surface area contributed by atoms with Crippen molar-refractivity contribution >= 4 is 23.6 Å². The van der Waals surface area contributed by atoms with Crippen LogP contribution in [-0.4, -0.2) is 29.1 Å². The van der Waals surface area contributed by atoms with Gasteiger partial charge < -0.3 is 21.5 Å². The third kappa shape index (κ3) is 4.79. The molecule has 1 aromatic rings. The first-order valence-corrected chi connectivity index (χ1v) is 5.61. The van der Waals surface area contributed by atoms with Gasteiger partial charge in [-0.05, 0) is 18.2 Å². The van der Waals surface area contributed by atoms with Crippen LogP contribution in [0.2, 0.25) is 0 Å². The monoisotopic (exact) mass is 294 g/mol. The lowest BCUT2D eigenvalue weighted by Crippen LogP contribution is -2.45. The van der Waals surface area contributed by atoms with E-state index in [0.717, 1.165) is 12.1 Å². The van der Waals surface area contributed by atoms with E-state index < -0.39 is 36.2 Å².